The number of para-hydroxylation sites is 1. The van der Waals surface area contributed by atoms with Crippen LogP contribution in [0, 0.1) is 0 Å². The van der Waals surface area contributed by atoms with Crippen LogP contribution in [0.2, 0.25) is 0 Å². The van der Waals surface area contributed by atoms with Crippen LogP contribution in [0.5, 0.6) is 0 Å². The Bertz CT molecular complexity index is 3760. The molecule has 2 aliphatic rings. The highest BCUT2D eigenvalue weighted by molar-refractivity contribution is 6.26. The van der Waals surface area contributed by atoms with Gasteiger partial charge in [-0.05, 0) is 155 Å². The Labute approximate surface area is 392 Å². The van der Waals surface area contributed by atoms with Gasteiger partial charge in [-0.3, -0.25) is 0 Å². The molecule has 11 aromatic rings. The Morgan fingerprint density at radius 2 is 0.970 bits per heavy atom. The molecule has 11 aromatic carbocycles. The van der Waals surface area contributed by atoms with Crippen LogP contribution in [0.15, 0.2) is 237 Å². The van der Waals surface area contributed by atoms with Crippen molar-refractivity contribution in [1.82, 2.24) is 0 Å². The molecule has 0 N–H and O–H groups in total. The largest absolute Gasteiger partial charge is 0.334 e. The molecule has 0 fully saturated rings. The Balaban J connectivity index is 0.988. The van der Waals surface area contributed by atoms with Crippen LogP contribution < -0.4 is 9.80 Å². The first-order valence-electron chi connectivity index (χ1n) is 23.6. The predicted molar refractivity (Wildman–Crippen MR) is 287 cm³/mol. The summed E-state index contributed by atoms with van der Waals surface area (Å²) in [6.45, 7) is 4.82. The van der Waals surface area contributed by atoms with Crippen molar-refractivity contribution >= 4 is 82.3 Å². The van der Waals surface area contributed by atoms with E-state index < -0.39 is 0 Å². The molecule has 13 rings (SSSR count). The second kappa shape index (κ2) is 15.5. The van der Waals surface area contributed by atoms with Crippen LogP contribution in [0.4, 0.5) is 28.4 Å². The fraction of sp³-hybridized carbons (Fsp3) is 0.0769. The lowest BCUT2D eigenvalue weighted by Crippen LogP contribution is -2.30. The molecule has 0 aliphatic heterocycles. The third-order valence-electron chi connectivity index (χ3n) is 14.6. The van der Waals surface area contributed by atoms with Crippen molar-refractivity contribution < 1.29 is 0 Å². The fourth-order valence-electron chi connectivity index (χ4n) is 11.4. The zero-order chi connectivity index (χ0) is 44.6. The summed E-state index contributed by atoms with van der Waals surface area (Å²) >= 11 is 0. The van der Waals surface area contributed by atoms with Crippen LogP contribution in [0.3, 0.4) is 0 Å². The van der Waals surface area contributed by atoms with Crippen LogP contribution in [-0.4, -0.2) is 6.04 Å². The number of fused-ring (bicyclic) bond motifs is 10. The van der Waals surface area contributed by atoms with E-state index in [9.17, 15) is 0 Å². The summed E-state index contributed by atoms with van der Waals surface area (Å²) in [5, 5.41) is 12.4. The van der Waals surface area contributed by atoms with Crippen molar-refractivity contribution in [3.63, 3.8) is 0 Å². The van der Waals surface area contributed by atoms with Crippen LogP contribution >= 0.6 is 0 Å². The number of anilines is 5. The van der Waals surface area contributed by atoms with Crippen LogP contribution in [0.1, 0.15) is 31.4 Å². The van der Waals surface area contributed by atoms with Gasteiger partial charge in [0.25, 0.3) is 0 Å². The van der Waals surface area contributed by atoms with E-state index in [0.717, 1.165) is 23.5 Å². The van der Waals surface area contributed by atoms with Gasteiger partial charge in [0.15, 0.2) is 0 Å². The predicted octanol–water partition coefficient (Wildman–Crippen LogP) is 17.9. The van der Waals surface area contributed by atoms with Gasteiger partial charge in [0, 0.05) is 33.6 Å². The van der Waals surface area contributed by atoms with Gasteiger partial charge in [0.1, 0.15) is 0 Å². The molecular weight excluding hydrogens is 809 g/mol. The lowest BCUT2D eigenvalue weighted by molar-refractivity contribution is 0.660. The first kappa shape index (κ1) is 39.2. The van der Waals surface area contributed by atoms with Gasteiger partial charge in [0.05, 0.1) is 11.7 Å². The highest BCUT2D eigenvalue weighted by atomic mass is 15.2. The van der Waals surface area contributed by atoms with E-state index in [1.807, 2.05) is 0 Å². The number of benzene rings is 11. The minimum atomic E-state index is -0.211. The van der Waals surface area contributed by atoms with Gasteiger partial charge in [-0.25, -0.2) is 0 Å². The van der Waals surface area contributed by atoms with Gasteiger partial charge < -0.3 is 9.80 Å². The Morgan fingerprint density at radius 3 is 1.64 bits per heavy atom. The second-order valence-electron chi connectivity index (χ2n) is 18.8. The quantitative estimate of drug-likeness (QED) is 0.147. The fourth-order valence-corrected chi connectivity index (χ4v) is 11.4. The van der Waals surface area contributed by atoms with Crippen molar-refractivity contribution in [2.45, 2.75) is 31.7 Å². The molecule has 2 heteroatoms. The molecule has 318 valence electrons. The number of hydrogen-bond acceptors (Lipinski definition) is 2. The molecule has 0 radical (unpaired) electrons. The SMILES string of the molecule is CC1(C)c2cc(-c3cc4cc(N(c5ccc6ccccc6c5)c5ccc6ccccc6c5)c5ccccc5c4c4ccccc34)ccc2-c2ccc(N(c3ccccc3)C3C=CC=CC3)cc21. The van der Waals surface area contributed by atoms with Crippen molar-refractivity contribution in [3.8, 4) is 22.3 Å². The smallest absolute Gasteiger partial charge is 0.0559 e. The third-order valence-corrected chi connectivity index (χ3v) is 14.6. The molecule has 67 heavy (non-hydrogen) atoms. The van der Waals surface area contributed by atoms with Gasteiger partial charge in [-0.2, -0.15) is 0 Å². The molecule has 1 unspecified atom stereocenters. The van der Waals surface area contributed by atoms with Crippen molar-refractivity contribution in [2.75, 3.05) is 9.80 Å². The number of hydrogen-bond donors (Lipinski definition) is 0. The molecule has 0 saturated carbocycles. The minimum absolute atomic E-state index is 0.211. The van der Waals surface area contributed by atoms with E-state index in [1.54, 1.807) is 0 Å². The molecular formula is C65H48N2. The van der Waals surface area contributed by atoms with Gasteiger partial charge in [0.2, 0.25) is 0 Å². The highest BCUT2D eigenvalue weighted by Crippen LogP contribution is 2.53. The normalized spacial score (nSPS) is 14.8. The zero-order valence-corrected chi connectivity index (χ0v) is 37.7. The van der Waals surface area contributed by atoms with Crippen LogP contribution in [0.25, 0.3) is 76.1 Å². The maximum Gasteiger partial charge on any atom is 0.0559 e. The van der Waals surface area contributed by atoms with E-state index >= 15 is 0 Å². The average Bonchev–Trinajstić information content (AvgIpc) is 3.61. The molecule has 0 heterocycles. The monoisotopic (exact) mass is 856 g/mol. The number of allylic oxidation sites excluding steroid dienone is 2. The molecule has 0 amide bonds. The zero-order valence-electron chi connectivity index (χ0n) is 37.7. The summed E-state index contributed by atoms with van der Waals surface area (Å²) in [5.41, 5.74) is 13.5. The third kappa shape index (κ3) is 6.39. The lowest BCUT2D eigenvalue weighted by atomic mass is 9.81. The second-order valence-corrected chi connectivity index (χ2v) is 18.8. The van der Waals surface area contributed by atoms with Gasteiger partial charge in [-0.1, -0.05) is 184 Å². The molecule has 0 aromatic heterocycles. The van der Waals surface area contributed by atoms with Crippen molar-refractivity contribution in [3.05, 3.63) is 248 Å². The summed E-state index contributed by atoms with van der Waals surface area (Å²) in [6, 6.07) is 79.5. The molecule has 1 atom stereocenters. The summed E-state index contributed by atoms with van der Waals surface area (Å²) in [7, 11) is 0. The first-order valence-corrected chi connectivity index (χ1v) is 23.6. The molecule has 0 saturated heterocycles. The molecule has 2 aliphatic carbocycles. The summed E-state index contributed by atoms with van der Waals surface area (Å²) < 4.78 is 0. The van der Waals surface area contributed by atoms with Crippen molar-refractivity contribution in [1.29, 1.82) is 0 Å². The van der Waals surface area contributed by atoms with Crippen LogP contribution in [-0.2, 0) is 5.41 Å². The molecule has 2 nitrogen and oxygen atoms in total. The maximum atomic E-state index is 2.51. The van der Waals surface area contributed by atoms with E-state index in [4.69, 9.17) is 0 Å². The van der Waals surface area contributed by atoms with E-state index in [-0.39, 0.29) is 11.5 Å². The lowest BCUT2D eigenvalue weighted by Gasteiger charge is -2.33. The average molecular weight is 857 g/mol. The van der Waals surface area contributed by atoms with E-state index in [1.165, 1.54) is 98.6 Å². The van der Waals surface area contributed by atoms with Crippen molar-refractivity contribution in [2.24, 2.45) is 0 Å². The van der Waals surface area contributed by atoms with E-state index in [2.05, 4.69) is 260 Å². The Hall–Kier alpha value is -8.20. The van der Waals surface area contributed by atoms with Gasteiger partial charge in [-0.15, -0.1) is 0 Å². The Kier molecular flexibility index (Phi) is 9.05. The summed E-state index contributed by atoms with van der Waals surface area (Å²) in [4.78, 5) is 4.98. The summed E-state index contributed by atoms with van der Waals surface area (Å²) in [6.07, 6.45) is 9.92. The van der Waals surface area contributed by atoms with Gasteiger partial charge >= 0.3 is 0 Å². The topological polar surface area (TPSA) is 6.48 Å². The van der Waals surface area contributed by atoms with E-state index in [0.29, 0.717) is 0 Å². The molecule has 0 bridgehead atoms. The number of rotatable bonds is 7. The molecule has 0 spiro atoms. The highest BCUT2D eigenvalue weighted by Gasteiger charge is 2.37. The first-order chi connectivity index (χ1) is 33.0. The minimum Gasteiger partial charge on any atom is -0.334 e. The number of nitrogens with zero attached hydrogens (tertiary/aromatic N) is 2. The Morgan fingerprint density at radius 1 is 0.403 bits per heavy atom. The summed E-state index contributed by atoms with van der Waals surface area (Å²) in [5.74, 6) is 0. The standard InChI is InChI=1S/C65H48N2/c1-65(2)61-40-47(31-35-55(61)56-36-34-53(42-62(56)65)66(49-21-5-3-6-22-49)50-23-7-4-8-24-50)60-39-48-41-63(57-26-14-16-28-59(57)64(48)58-27-15-13-25-54(58)60)67(51-32-29-43-17-9-11-19-45(43)37-51)52-33-30-44-18-10-12-20-46(44)38-52/h3-23,25-42,50H,24H2,1-2H3. The maximum absolute atomic E-state index is 2.51.